The van der Waals surface area contributed by atoms with Gasteiger partial charge in [-0.05, 0) is 6.08 Å². The molecule has 0 N–H and O–H groups in total. The second-order valence-corrected chi connectivity index (χ2v) is 2.71. The maximum atomic E-state index is 5.06. The van der Waals surface area contributed by atoms with E-state index >= 15 is 0 Å². The van der Waals surface area contributed by atoms with E-state index in [1.54, 1.807) is 13.3 Å². The number of ether oxygens (including phenoxy) is 1. The van der Waals surface area contributed by atoms with Crippen molar-refractivity contribution in [2.75, 3.05) is 12.4 Å². The Bertz CT molecular complexity index is 165. The molecule has 0 fully saturated rings. The molecular formula is C7H10BrNO. The van der Waals surface area contributed by atoms with Crippen LogP contribution in [0.1, 0.15) is 6.42 Å². The van der Waals surface area contributed by atoms with Gasteiger partial charge < -0.3 is 4.74 Å². The maximum Gasteiger partial charge on any atom is 0.151 e. The number of hydrogen-bond donors (Lipinski definition) is 0. The summed E-state index contributed by atoms with van der Waals surface area (Å²) in [5.74, 6) is 0. The van der Waals surface area contributed by atoms with Gasteiger partial charge in [-0.25, -0.2) is 0 Å². The number of hydrogen-bond acceptors (Lipinski definition) is 2. The lowest BCUT2D eigenvalue weighted by Gasteiger charge is -2.14. The van der Waals surface area contributed by atoms with Gasteiger partial charge in [0.05, 0.1) is 0 Å². The van der Waals surface area contributed by atoms with Gasteiger partial charge >= 0.3 is 0 Å². The van der Waals surface area contributed by atoms with Crippen LogP contribution < -0.4 is 0 Å². The lowest BCUT2D eigenvalue weighted by molar-refractivity contribution is 0.110. The third-order valence-corrected chi connectivity index (χ3v) is 2.16. The number of aliphatic imine (C=N–C) groups is 1. The Balaban J connectivity index is 2.50. The van der Waals surface area contributed by atoms with Crippen LogP contribution in [0.5, 0.6) is 0 Å². The van der Waals surface area contributed by atoms with Gasteiger partial charge in [0.15, 0.2) is 6.23 Å². The van der Waals surface area contributed by atoms with Crippen molar-refractivity contribution in [3.63, 3.8) is 0 Å². The van der Waals surface area contributed by atoms with Gasteiger partial charge in [0, 0.05) is 25.1 Å². The fourth-order valence-corrected chi connectivity index (χ4v) is 1.25. The minimum atomic E-state index is 0.0394. The molecule has 10 heavy (non-hydrogen) atoms. The molecule has 1 aliphatic heterocycles. The molecule has 0 bridgehead atoms. The molecule has 0 amide bonds. The Hall–Kier alpha value is -0.150. The van der Waals surface area contributed by atoms with E-state index in [1.165, 1.54) is 5.57 Å². The van der Waals surface area contributed by atoms with Crippen LogP contribution in [0.4, 0.5) is 0 Å². The first kappa shape index (κ1) is 7.95. The second kappa shape index (κ2) is 3.88. The number of methoxy groups -OCH3 is 1. The van der Waals surface area contributed by atoms with Crippen molar-refractivity contribution in [2.24, 2.45) is 4.99 Å². The van der Waals surface area contributed by atoms with E-state index in [-0.39, 0.29) is 6.23 Å². The standard InChI is InChI=1S/C7H10BrNO/c1-10-7-4-6(5-8)2-3-9-7/h2-3,7H,4-5H2,1H3. The minimum absolute atomic E-state index is 0.0394. The first-order valence-corrected chi connectivity index (χ1v) is 4.29. The van der Waals surface area contributed by atoms with Gasteiger partial charge in [-0.15, -0.1) is 0 Å². The Morgan fingerprint density at radius 2 is 2.70 bits per heavy atom. The molecule has 0 aromatic carbocycles. The van der Waals surface area contributed by atoms with E-state index < -0.39 is 0 Å². The van der Waals surface area contributed by atoms with Gasteiger partial charge in [-0.3, -0.25) is 4.99 Å². The molecule has 0 saturated heterocycles. The van der Waals surface area contributed by atoms with E-state index in [2.05, 4.69) is 20.9 Å². The monoisotopic (exact) mass is 203 g/mol. The quantitative estimate of drug-likeness (QED) is 0.628. The third kappa shape index (κ3) is 1.92. The molecule has 1 atom stereocenters. The molecule has 1 rings (SSSR count). The zero-order valence-corrected chi connectivity index (χ0v) is 7.47. The lowest BCUT2D eigenvalue weighted by atomic mass is 10.1. The van der Waals surface area contributed by atoms with Crippen molar-refractivity contribution in [1.82, 2.24) is 0 Å². The molecule has 0 radical (unpaired) electrons. The SMILES string of the molecule is COC1CC(CBr)=CC=N1. The molecule has 2 nitrogen and oxygen atoms in total. The van der Waals surface area contributed by atoms with Crippen molar-refractivity contribution < 1.29 is 4.74 Å². The summed E-state index contributed by atoms with van der Waals surface area (Å²) in [5.41, 5.74) is 1.34. The highest BCUT2D eigenvalue weighted by molar-refractivity contribution is 9.09. The van der Waals surface area contributed by atoms with Gasteiger partial charge in [0.25, 0.3) is 0 Å². The van der Waals surface area contributed by atoms with Crippen molar-refractivity contribution in [3.8, 4) is 0 Å². The zero-order chi connectivity index (χ0) is 7.40. The van der Waals surface area contributed by atoms with Crippen LogP contribution in [-0.4, -0.2) is 24.9 Å². The summed E-state index contributed by atoms with van der Waals surface area (Å²) >= 11 is 3.38. The Morgan fingerprint density at radius 1 is 1.90 bits per heavy atom. The molecule has 0 saturated carbocycles. The summed E-state index contributed by atoms with van der Waals surface area (Å²) in [6.07, 6.45) is 4.77. The number of rotatable bonds is 2. The molecule has 1 unspecified atom stereocenters. The number of alkyl halides is 1. The maximum absolute atomic E-state index is 5.06. The Morgan fingerprint density at radius 3 is 3.30 bits per heavy atom. The van der Waals surface area contributed by atoms with Crippen LogP contribution in [0.2, 0.25) is 0 Å². The molecule has 0 aromatic rings. The van der Waals surface area contributed by atoms with Gasteiger partial charge in [0.1, 0.15) is 0 Å². The molecule has 3 heteroatoms. The lowest BCUT2D eigenvalue weighted by Crippen LogP contribution is -2.12. The predicted molar refractivity (Wildman–Crippen MR) is 45.8 cm³/mol. The normalized spacial score (nSPS) is 24.6. The average molecular weight is 204 g/mol. The molecule has 0 aliphatic carbocycles. The van der Waals surface area contributed by atoms with E-state index in [4.69, 9.17) is 4.74 Å². The van der Waals surface area contributed by atoms with E-state index in [0.29, 0.717) is 0 Å². The second-order valence-electron chi connectivity index (χ2n) is 2.15. The summed E-state index contributed by atoms with van der Waals surface area (Å²) in [6, 6.07) is 0. The minimum Gasteiger partial charge on any atom is -0.359 e. The van der Waals surface area contributed by atoms with Crippen LogP contribution >= 0.6 is 15.9 Å². The molecule has 1 aliphatic rings. The van der Waals surface area contributed by atoms with Crippen molar-refractivity contribution >= 4 is 22.1 Å². The van der Waals surface area contributed by atoms with Crippen LogP contribution in [-0.2, 0) is 4.74 Å². The summed E-state index contributed by atoms with van der Waals surface area (Å²) < 4.78 is 5.06. The van der Waals surface area contributed by atoms with Crippen molar-refractivity contribution in [1.29, 1.82) is 0 Å². The molecule has 56 valence electrons. The van der Waals surface area contributed by atoms with Gasteiger partial charge in [0.2, 0.25) is 0 Å². The summed E-state index contributed by atoms with van der Waals surface area (Å²) in [4.78, 5) is 4.10. The van der Waals surface area contributed by atoms with Crippen molar-refractivity contribution in [2.45, 2.75) is 12.6 Å². The summed E-state index contributed by atoms with van der Waals surface area (Å²) in [7, 11) is 1.68. The highest BCUT2D eigenvalue weighted by Crippen LogP contribution is 2.14. The largest absolute Gasteiger partial charge is 0.359 e. The highest BCUT2D eigenvalue weighted by atomic mass is 79.9. The Labute approximate surface area is 69.1 Å². The molecular weight excluding hydrogens is 194 g/mol. The fraction of sp³-hybridized carbons (Fsp3) is 0.571. The molecule has 0 spiro atoms. The fourth-order valence-electron chi connectivity index (χ4n) is 0.833. The van der Waals surface area contributed by atoms with E-state index in [0.717, 1.165) is 11.8 Å². The number of halogens is 1. The van der Waals surface area contributed by atoms with Gasteiger partial charge in [-0.1, -0.05) is 21.5 Å². The van der Waals surface area contributed by atoms with E-state index in [9.17, 15) is 0 Å². The van der Waals surface area contributed by atoms with Gasteiger partial charge in [-0.2, -0.15) is 0 Å². The van der Waals surface area contributed by atoms with Crippen LogP contribution in [0, 0.1) is 0 Å². The molecule has 0 aromatic heterocycles. The topological polar surface area (TPSA) is 21.6 Å². The number of dihydropyridines is 1. The smallest absolute Gasteiger partial charge is 0.151 e. The third-order valence-electron chi connectivity index (χ3n) is 1.44. The average Bonchev–Trinajstić information content (AvgIpc) is 2.05. The van der Waals surface area contributed by atoms with Crippen LogP contribution in [0.15, 0.2) is 16.6 Å². The van der Waals surface area contributed by atoms with Crippen molar-refractivity contribution in [3.05, 3.63) is 11.6 Å². The van der Waals surface area contributed by atoms with Crippen LogP contribution in [0.25, 0.3) is 0 Å². The summed E-state index contributed by atoms with van der Waals surface area (Å²) in [6.45, 7) is 0. The summed E-state index contributed by atoms with van der Waals surface area (Å²) in [5, 5.41) is 0.916. The van der Waals surface area contributed by atoms with Crippen LogP contribution in [0.3, 0.4) is 0 Å². The van der Waals surface area contributed by atoms with E-state index in [1.807, 2.05) is 6.08 Å². The number of allylic oxidation sites excluding steroid dienone is 1. The molecule has 1 heterocycles. The predicted octanol–water partition coefficient (Wildman–Crippen LogP) is 1.75. The number of nitrogens with zero attached hydrogens (tertiary/aromatic N) is 1. The first-order chi connectivity index (χ1) is 4.86. The Kier molecular flexibility index (Phi) is 3.09. The first-order valence-electron chi connectivity index (χ1n) is 3.16. The highest BCUT2D eigenvalue weighted by Gasteiger charge is 2.09. The zero-order valence-electron chi connectivity index (χ0n) is 5.88.